The van der Waals surface area contributed by atoms with Gasteiger partial charge in [0.15, 0.2) is 0 Å². The minimum atomic E-state index is -0.0451. The van der Waals surface area contributed by atoms with Crippen LogP contribution >= 0.6 is 11.8 Å². The Balaban J connectivity index is 2.02. The van der Waals surface area contributed by atoms with Crippen molar-refractivity contribution >= 4 is 16.9 Å². The topological polar surface area (TPSA) is 17.1 Å². The zero-order valence-electron chi connectivity index (χ0n) is 8.51. The quantitative estimate of drug-likeness (QED) is 0.705. The Labute approximate surface area is 93.9 Å². The molecule has 0 aromatic heterocycles. The van der Waals surface area contributed by atoms with Crippen molar-refractivity contribution in [3.05, 3.63) is 54.1 Å². The molecule has 1 aliphatic rings. The third-order valence-corrected chi connectivity index (χ3v) is 3.24. The minimum absolute atomic E-state index is 0.0451. The molecule has 0 N–H and O–H groups in total. The first-order valence-electron chi connectivity index (χ1n) is 4.89. The second-order valence-corrected chi connectivity index (χ2v) is 4.61. The molecule has 76 valence electrons. The van der Waals surface area contributed by atoms with Crippen molar-refractivity contribution in [2.45, 2.75) is 11.8 Å². The molecule has 0 fully saturated rings. The molecule has 0 bridgehead atoms. The standard InChI is InChI=1S/C13H12OS/c1-10-6-8-12(9-7-10)15-13(14)11-4-2-3-5-11/h2-9,11H,1H3. The molecule has 1 nitrogen and oxygen atoms in total. The lowest BCUT2D eigenvalue weighted by Gasteiger charge is -2.04. The first kappa shape index (κ1) is 10.2. The van der Waals surface area contributed by atoms with E-state index in [-0.39, 0.29) is 11.0 Å². The van der Waals surface area contributed by atoms with E-state index in [9.17, 15) is 4.79 Å². The SMILES string of the molecule is Cc1ccc(SC(=O)C2C=CC=C2)cc1. The molecule has 1 aromatic rings. The van der Waals surface area contributed by atoms with Crippen LogP contribution in [0.25, 0.3) is 0 Å². The highest BCUT2D eigenvalue weighted by Gasteiger charge is 2.15. The Morgan fingerprint density at radius 1 is 1.13 bits per heavy atom. The van der Waals surface area contributed by atoms with Gasteiger partial charge in [-0.15, -0.1) is 0 Å². The van der Waals surface area contributed by atoms with Crippen LogP contribution in [0.15, 0.2) is 53.5 Å². The molecule has 0 unspecified atom stereocenters. The van der Waals surface area contributed by atoms with Crippen molar-refractivity contribution in [1.82, 2.24) is 0 Å². The van der Waals surface area contributed by atoms with Crippen LogP contribution in [0, 0.1) is 12.8 Å². The van der Waals surface area contributed by atoms with E-state index in [1.807, 2.05) is 55.5 Å². The van der Waals surface area contributed by atoms with Gasteiger partial charge < -0.3 is 0 Å². The lowest BCUT2D eigenvalue weighted by Crippen LogP contribution is -2.02. The fraction of sp³-hybridized carbons (Fsp3) is 0.154. The summed E-state index contributed by atoms with van der Waals surface area (Å²) in [6.07, 6.45) is 7.67. The van der Waals surface area contributed by atoms with Crippen LogP contribution in [0.5, 0.6) is 0 Å². The fourth-order valence-corrected chi connectivity index (χ4v) is 2.18. The average molecular weight is 216 g/mol. The minimum Gasteiger partial charge on any atom is -0.286 e. The average Bonchev–Trinajstić information content (AvgIpc) is 2.74. The third-order valence-electron chi connectivity index (χ3n) is 2.26. The van der Waals surface area contributed by atoms with Gasteiger partial charge in [0.05, 0.1) is 5.92 Å². The van der Waals surface area contributed by atoms with Crippen LogP contribution < -0.4 is 0 Å². The van der Waals surface area contributed by atoms with Gasteiger partial charge in [0.1, 0.15) is 0 Å². The number of thioether (sulfide) groups is 1. The Morgan fingerprint density at radius 3 is 2.33 bits per heavy atom. The van der Waals surface area contributed by atoms with Crippen LogP contribution in [0.2, 0.25) is 0 Å². The van der Waals surface area contributed by atoms with E-state index in [0.717, 1.165) is 4.90 Å². The molecule has 0 amide bonds. The number of allylic oxidation sites excluding steroid dienone is 4. The van der Waals surface area contributed by atoms with Gasteiger partial charge in [-0.3, -0.25) is 4.79 Å². The number of hydrogen-bond acceptors (Lipinski definition) is 2. The van der Waals surface area contributed by atoms with Gasteiger partial charge in [-0.2, -0.15) is 0 Å². The first-order chi connectivity index (χ1) is 7.25. The predicted octanol–water partition coefficient (Wildman–Crippen LogP) is 3.36. The Kier molecular flexibility index (Phi) is 3.07. The van der Waals surface area contributed by atoms with Gasteiger partial charge in [-0.25, -0.2) is 0 Å². The van der Waals surface area contributed by atoms with Crippen molar-refractivity contribution in [3.8, 4) is 0 Å². The van der Waals surface area contributed by atoms with E-state index in [1.54, 1.807) is 0 Å². The van der Waals surface area contributed by atoms with Crippen LogP contribution in [0.3, 0.4) is 0 Å². The van der Waals surface area contributed by atoms with Crippen LogP contribution in [0.1, 0.15) is 5.56 Å². The van der Waals surface area contributed by atoms with Crippen LogP contribution in [-0.4, -0.2) is 5.12 Å². The smallest absolute Gasteiger partial charge is 0.204 e. The predicted molar refractivity (Wildman–Crippen MR) is 63.8 cm³/mol. The van der Waals surface area contributed by atoms with Crippen LogP contribution in [0.4, 0.5) is 0 Å². The van der Waals surface area contributed by atoms with Gasteiger partial charge in [-0.1, -0.05) is 53.8 Å². The molecule has 0 radical (unpaired) electrons. The number of carbonyl (C=O) groups excluding carboxylic acids is 1. The maximum Gasteiger partial charge on any atom is 0.204 e. The van der Waals surface area contributed by atoms with E-state index in [4.69, 9.17) is 0 Å². The normalized spacial score (nSPS) is 14.7. The van der Waals surface area contributed by atoms with Crippen molar-refractivity contribution in [2.24, 2.45) is 5.92 Å². The second kappa shape index (κ2) is 4.49. The zero-order valence-corrected chi connectivity index (χ0v) is 9.33. The molecule has 15 heavy (non-hydrogen) atoms. The van der Waals surface area contributed by atoms with Crippen molar-refractivity contribution in [3.63, 3.8) is 0 Å². The highest BCUT2D eigenvalue weighted by Crippen LogP contribution is 2.25. The summed E-state index contributed by atoms with van der Waals surface area (Å²) < 4.78 is 0. The number of hydrogen-bond donors (Lipinski definition) is 0. The molecule has 2 rings (SSSR count). The third kappa shape index (κ3) is 2.60. The molecule has 0 atom stereocenters. The van der Waals surface area contributed by atoms with Crippen LogP contribution in [-0.2, 0) is 4.79 Å². The van der Waals surface area contributed by atoms with E-state index in [0.29, 0.717) is 0 Å². The molecular formula is C13H12OS. The van der Waals surface area contributed by atoms with Gasteiger partial charge in [0, 0.05) is 4.90 Å². The highest BCUT2D eigenvalue weighted by molar-refractivity contribution is 8.13. The van der Waals surface area contributed by atoms with Crippen molar-refractivity contribution < 1.29 is 4.79 Å². The van der Waals surface area contributed by atoms with E-state index >= 15 is 0 Å². The molecule has 0 aliphatic heterocycles. The fourth-order valence-electron chi connectivity index (χ4n) is 1.38. The summed E-state index contributed by atoms with van der Waals surface area (Å²) in [4.78, 5) is 12.8. The largest absolute Gasteiger partial charge is 0.286 e. The second-order valence-electron chi connectivity index (χ2n) is 3.53. The summed E-state index contributed by atoms with van der Waals surface area (Å²) in [5.74, 6) is -0.0451. The van der Waals surface area contributed by atoms with Gasteiger partial charge >= 0.3 is 0 Å². The molecule has 0 heterocycles. The number of aryl methyl sites for hydroxylation is 1. The van der Waals surface area contributed by atoms with Gasteiger partial charge in [0.2, 0.25) is 5.12 Å². The molecule has 0 spiro atoms. The molecule has 0 saturated carbocycles. The highest BCUT2D eigenvalue weighted by atomic mass is 32.2. The molecule has 1 aliphatic carbocycles. The van der Waals surface area contributed by atoms with Crippen molar-refractivity contribution in [1.29, 1.82) is 0 Å². The van der Waals surface area contributed by atoms with Gasteiger partial charge in [-0.05, 0) is 19.1 Å². The first-order valence-corrected chi connectivity index (χ1v) is 5.71. The molecule has 2 heteroatoms. The lowest BCUT2D eigenvalue weighted by molar-refractivity contribution is -0.112. The van der Waals surface area contributed by atoms with Gasteiger partial charge in [0.25, 0.3) is 0 Å². The number of benzene rings is 1. The molecule has 1 aromatic carbocycles. The Hall–Kier alpha value is -1.28. The van der Waals surface area contributed by atoms with E-state index in [2.05, 4.69) is 0 Å². The summed E-state index contributed by atoms with van der Waals surface area (Å²) in [6, 6.07) is 8.02. The maximum atomic E-state index is 11.8. The Bertz CT molecular complexity index is 403. The zero-order chi connectivity index (χ0) is 10.7. The summed E-state index contributed by atoms with van der Waals surface area (Å²) in [6.45, 7) is 2.04. The lowest BCUT2D eigenvalue weighted by atomic mass is 10.2. The maximum absolute atomic E-state index is 11.8. The monoisotopic (exact) mass is 216 g/mol. The summed E-state index contributed by atoms with van der Waals surface area (Å²) in [5.41, 5.74) is 1.22. The number of rotatable bonds is 2. The molecule has 0 saturated heterocycles. The number of carbonyl (C=O) groups is 1. The Morgan fingerprint density at radius 2 is 1.73 bits per heavy atom. The van der Waals surface area contributed by atoms with E-state index in [1.165, 1.54) is 17.3 Å². The summed E-state index contributed by atoms with van der Waals surface area (Å²) >= 11 is 1.31. The molecular weight excluding hydrogens is 204 g/mol. The van der Waals surface area contributed by atoms with Crippen molar-refractivity contribution in [2.75, 3.05) is 0 Å². The summed E-state index contributed by atoms with van der Waals surface area (Å²) in [5, 5.41) is 0.184. The summed E-state index contributed by atoms with van der Waals surface area (Å²) in [7, 11) is 0. The van der Waals surface area contributed by atoms with E-state index < -0.39 is 0 Å².